The van der Waals surface area contributed by atoms with E-state index in [2.05, 4.69) is 10.3 Å². The van der Waals surface area contributed by atoms with Crippen molar-refractivity contribution >= 4 is 40.8 Å². The summed E-state index contributed by atoms with van der Waals surface area (Å²) in [6.07, 6.45) is 1.41. The van der Waals surface area contributed by atoms with Gasteiger partial charge in [0.05, 0.1) is 23.7 Å². The summed E-state index contributed by atoms with van der Waals surface area (Å²) in [5.74, 6) is -0.703. The zero-order valence-corrected chi connectivity index (χ0v) is 21.5. The zero-order chi connectivity index (χ0) is 26.9. The van der Waals surface area contributed by atoms with Crippen molar-refractivity contribution in [3.8, 4) is 5.75 Å². The highest BCUT2D eigenvalue weighted by atomic mass is 35.5. The normalized spacial score (nSPS) is 10.4. The summed E-state index contributed by atoms with van der Waals surface area (Å²) in [5.41, 5.74) is 1.99. The Hall–Kier alpha value is -4.24. The van der Waals surface area contributed by atoms with Gasteiger partial charge in [-0.1, -0.05) is 23.7 Å². The molecular weight excluding hydrogens is 496 g/mol. The largest absolute Gasteiger partial charge is 0.482 e. The number of rotatable bonds is 10. The first-order chi connectivity index (χ1) is 17.7. The molecule has 0 aliphatic heterocycles. The molecule has 10 heteroatoms. The van der Waals surface area contributed by atoms with Crippen molar-refractivity contribution in [2.75, 3.05) is 32.6 Å². The van der Waals surface area contributed by atoms with Crippen LogP contribution in [0.4, 0.5) is 5.69 Å². The summed E-state index contributed by atoms with van der Waals surface area (Å²) in [6.45, 7) is 1.60. The molecule has 37 heavy (non-hydrogen) atoms. The number of aromatic nitrogens is 1. The third-order valence-electron chi connectivity index (χ3n) is 5.20. The molecule has 0 aliphatic carbocycles. The lowest BCUT2D eigenvalue weighted by atomic mass is 10.0. The molecule has 2 aromatic carbocycles. The number of pyridine rings is 1. The molecular formula is C27H27ClN4O5. The van der Waals surface area contributed by atoms with E-state index in [1.165, 1.54) is 18.3 Å². The van der Waals surface area contributed by atoms with Crippen LogP contribution in [0.5, 0.6) is 5.75 Å². The summed E-state index contributed by atoms with van der Waals surface area (Å²) >= 11 is 5.89. The molecule has 9 nitrogen and oxygen atoms in total. The summed E-state index contributed by atoms with van der Waals surface area (Å²) in [7, 11) is 3.53. The van der Waals surface area contributed by atoms with Crippen molar-refractivity contribution < 1.29 is 23.9 Å². The van der Waals surface area contributed by atoms with Crippen LogP contribution in [0.25, 0.3) is 0 Å². The predicted octanol–water partition coefficient (Wildman–Crippen LogP) is 4.24. The van der Waals surface area contributed by atoms with Crippen molar-refractivity contribution in [2.24, 2.45) is 0 Å². The molecule has 0 bridgehead atoms. The van der Waals surface area contributed by atoms with E-state index in [0.29, 0.717) is 27.7 Å². The van der Waals surface area contributed by atoms with Gasteiger partial charge in [0.25, 0.3) is 5.91 Å². The van der Waals surface area contributed by atoms with Crippen molar-refractivity contribution in [3.05, 3.63) is 88.2 Å². The molecule has 3 aromatic rings. The maximum absolute atomic E-state index is 13.2. The number of hydrogen-bond donors (Lipinski definition) is 2. The van der Waals surface area contributed by atoms with E-state index in [-0.39, 0.29) is 42.4 Å². The lowest BCUT2D eigenvalue weighted by Crippen LogP contribution is -2.22. The number of nitrogens with one attached hydrogen (secondary N) is 2. The maximum atomic E-state index is 13.2. The summed E-state index contributed by atoms with van der Waals surface area (Å²) < 4.78 is 10.3. The van der Waals surface area contributed by atoms with Gasteiger partial charge in [-0.3, -0.25) is 20.0 Å². The standard InChI is InChI=1S/C27H27ClN4O5/c1-4-36-25(34)16-37-21-11-12-23(22(14-21)24(33)13-20-10-9-19(28)15-30-20)31-27(35)18-7-5-17(6-8-18)26(29)32(2)3/h5-12,14-15,29H,4,13,16H2,1-3H3,(H,31,35). The number of carbonyl (C=O) groups excluding carboxylic acids is 3. The van der Waals surface area contributed by atoms with Crippen molar-refractivity contribution in [1.29, 1.82) is 5.41 Å². The smallest absolute Gasteiger partial charge is 0.344 e. The van der Waals surface area contributed by atoms with Gasteiger partial charge in [-0.25, -0.2) is 4.79 Å². The van der Waals surface area contributed by atoms with Crippen LogP contribution in [0.15, 0.2) is 60.8 Å². The van der Waals surface area contributed by atoms with Gasteiger partial charge >= 0.3 is 5.97 Å². The number of carbonyl (C=O) groups is 3. The van der Waals surface area contributed by atoms with Gasteiger partial charge in [0.2, 0.25) is 0 Å². The number of Topliss-reactive ketones (excluding diaryl/α,β-unsaturated/α-hetero) is 1. The van der Waals surface area contributed by atoms with E-state index in [1.54, 1.807) is 68.4 Å². The second-order valence-corrected chi connectivity index (χ2v) is 8.58. The molecule has 0 radical (unpaired) electrons. The van der Waals surface area contributed by atoms with E-state index >= 15 is 0 Å². The molecule has 0 fully saturated rings. The minimum atomic E-state index is -0.538. The van der Waals surface area contributed by atoms with Crippen LogP contribution in [-0.4, -0.2) is 60.7 Å². The molecule has 1 amide bonds. The van der Waals surface area contributed by atoms with Crippen molar-refractivity contribution in [3.63, 3.8) is 0 Å². The number of ether oxygens (including phenoxy) is 2. The third-order valence-corrected chi connectivity index (χ3v) is 5.42. The van der Waals surface area contributed by atoms with Gasteiger partial charge in [0.15, 0.2) is 12.4 Å². The summed E-state index contributed by atoms with van der Waals surface area (Å²) in [6, 6.07) is 14.4. The Morgan fingerprint density at radius 2 is 1.73 bits per heavy atom. The number of amidine groups is 1. The highest BCUT2D eigenvalue weighted by Crippen LogP contribution is 2.25. The van der Waals surface area contributed by atoms with Crippen LogP contribution in [0.1, 0.15) is 38.9 Å². The third kappa shape index (κ3) is 7.62. The van der Waals surface area contributed by atoms with E-state index in [0.717, 1.165) is 0 Å². The first-order valence-corrected chi connectivity index (χ1v) is 11.8. The fourth-order valence-electron chi connectivity index (χ4n) is 3.30. The van der Waals surface area contributed by atoms with Crippen LogP contribution in [0, 0.1) is 5.41 Å². The Morgan fingerprint density at radius 1 is 1.03 bits per heavy atom. The van der Waals surface area contributed by atoms with Crippen LogP contribution < -0.4 is 10.1 Å². The van der Waals surface area contributed by atoms with Crippen LogP contribution in [0.2, 0.25) is 5.02 Å². The highest BCUT2D eigenvalue weighted by Gasteiger charge is 2.18. The average molecular weight is 523 g/mol. The van der Waals surface area contributed by atoms with Gasteiger partial charge in [0.1, 0.15) is 11.6 Å². The van der Waals surface area contributed by atoms with Crippen LogP contribution >= 0.6 is 11.6 Å². The zero-order valence-electron chi connectivity index (χ0n) is 20.7. The molecule has 3 rings (SSSR count). The molecule has 0 saturated heterocycles. The molecule has 1 aromatic heterocycles. The molecule has 0 spiro atoms. The molecule has 0 aliphatic rings. The maximum Gasteiger partial charge on any atom is 0.344 e. The number of anilines is 1. The van der Waals surface area contributed by atoms with E-state index in [4.69, 9.17) is 26.5 Å². The van der Waals surface area contributed by atoms with Gasteiger partial charge in [-0.05, 0) is 49.4 Å². The predicted molar refractivity (Wildman–Crippen MR) is 141 cm³/mol. The van der Waals surface area contributed by atoms with Crippen molar-refractivity contribution in [1.82, 2.24) is 9.88 Å². The molecule has 1 heterocycles. The molecule has 0 atom stereocenters. The van der Waals surface area contributed by atoms with Gasteiger partial charge in [0, 0.05) is 42.7 Å². The Morgan fingerprint density at radius 3 is 2.35 bits per heavy atom. The first kappa shape index (κ1) is 27.3. The minimum Gasteiger partial charge on any atom is -0.482 e. The van der Waals surface area contributed by atoms with E-state index < -0.39 is 11.9 Å². The number of esters is 1. The Labute approximate surface area is 219 Å². The topological polar surface area (TPSA) is 122 Å². The fraction of sp³-hybridized carbons (Fsp3) is 0.222. The van der Waals surface area contributed by atoms with Gasteiger partial charge in [-0.2, -0.15) is 0 Å². The monoisotopic (exact) mass is 522 g/mol. The number of nitrogens with zero attached hydrogens (tertiary/aromatic N) is 2. The number of benzene rings is 2. The summed E-state index contributed by atoms with van der Waals surface area (Å²) in [5, 5.41) is 11.3. The van der Waals surface area contributed by atoms with E-state index in [9.17, 15) is 14.4 Å². The molecule has 192 valence electrons. The Bertz CT molecular complexity index is 1290. The van der Waals surface area contributed by atoms with Gasteiger partial charge in [-0.15, -0.1) is 0 Å². The second kappa shape index (κ2) is 12.6. The SMILES string of the molecule is CCOC(=O)COc1ccc(NC(=O)c2ccc(C(=N)N(C)C)cc2)c(C(=O)Cc2ccc(Cl)cn2)c1. The number of hydrogen-bond acceptors (Lipinski definition) is 7. The first-order valence-electron chi connectivity index (χ1n) is 11.4. The Balaban J connectivity index is 1.84. The molecule has 0 saturated carbocycles. The number of ketones is 1. The molecule has 0 unspecified atom stereocenters. The van der Waals surface area contributed by atoms with E-state index in [1.807, 2.05) is 0 Å². The Kier molecular flexibility index (Phi) is 9.34. The quantitative estimate of drug-likeness (QED) is 0.177. The lowest BCUT2D eigenvalue weighted by molar-refractivity contribution is -0.145. The lowest BCUT2D eigenvalue weighted by Gasteiger charge is -2.15. The average Bonchev–Trinajstić information content (AvgIpc) is 2.89. The molecule has 2 N–H and O–H groups in total. The van der Waals surface area contributed by atoms with Crippen LogP contribution in [0.3, 0.4) is 0 Å². The highest BCUT2D eigenvalue weighted by molar-refractivity contribution is 6.30. The van der Waals surface area contributed by atoms with Crippen LogP contribution in [-0.2, 0) is 16.0 Å². The number of amides is 1. The summed E-state index contributed by atoms with van der Waals surface area (Å²) in [4.78, 5) is 43.7. The van der Waals surface area contributed by atoms with Crippen molar-refractivity contribution in [2.45, 2.75) is 13.3 Å². The minimum absolute atomic E-state index is 0.0390. The fourth-order valence-corrected chi connectivity index (χ4v) is 3.41. The van der Waals surface area contributed by atoms with Gasteiger partial charge < -0.3 is 19.7 Å². The number of halogens is 1. The second-order valence-electron chi connectivity index (χ2n) is 8.14.